The van der Waals surface area contributed by atoms with Crippen molar-refractivity contribution in [2.24, 2.45) is 5.92 Å². The summed E-state index contributed by atoms with van der Waals surface area (Å²) in [6, 6.07) is 4.34. The third kappa shape index (κ3) is 3.93. The van der Waals surface area contributed by atoms with Crippen LogP contribution in [-0.4, -0.2) is 36.2 Å². The predicted octanol–water partition coefficient (Wildman–Crippen LogP) is 2.91. The minimum Gasteiger partial charge on any atom is -0.508 e. The van der Waals surface area contributed by atoms with Crippen molar-refractivity contribution in [1.29, 1.82) is 0 Å². The number of phenolic OH excluding ortho intramolecular Hbond substituents is 1. The van der Waals surface area contributed by atoms with Crippen molar-refractivity contribution in [2.45, 2.75) is 32.7 Å². The van der Waals surface area contributed by atoms with Crippen LogP contribution in [0.5, 0.6) is 5.75 Å². The number of aromatic hydroxyl groups is 1. The van der Waals surface area contributed by atoms with E-state index in [1.165, 1.54) is 38.1 Å². The van der Waals surface area contributed by atoms with Gasteiger partial charge in [-0.25, -0.2) is 4.39 Å². The van der Waals surface area contributed by atoms with Crippen molar-refractivity contribution in [3.8, 4) is 5.75 Å². The molecular formula is C16H25FN2O. The van der Waals surface area contributed by atoms with E-state index in [1.807, 2.05) is 6.92 Å². The summed E-state index contributed by atoms with van der Waals surface area (Å²) in [5, 5.41) is 12.7. The lowest BCUT2D eigenvalue weighted by Gasteiger charge is -2.31. The standard InChI is InChI=1S/C16H25FN2O/c1-3-19-8-6-13(7-9-19)11-18-12(2)15-5-4-14(20)10-16(15)17/h4-5,10,12-13,18,20H,3,6-9,11H2,1-2H3. The first-order valence-corrected chi connectivity index (χ1v) is 7.54. The summed E-state index contributed by atoms with van der Waals surface area (Å²) in [6.07, 6.45) is 2.43. The van der Waals surface area contributed by atoms with Crippen molar-refractivity contribution >= 4 is 0 Å². The highest BCUT2D eigenvalue weighted by atomic mass is 19.1. The van der Waals surface area contributed by atoms with E-state index in [-0.39, 0.29) is 17.6 Å². The van der Waals surface area contributed by atoms with E-state index in [0.29, 0.717) is 11.5 Å². The van der Waals surface area contributed by atoms with E-state index in [9.17, 15) is 9.50 Å². The molecule has 0 bridgehead atoms. The van der Waals surface area contributed by atoms with Crippen LogP contribution in [0.1, 0.15) is 38.3 Å². The molecule has 0 spiro atoms. The first kappa shape index (κ1) is 15.3. The maximum Gasteiger partial charge on any atom is 0.131 e. The van der Waals surface area contributed by atoms with Crippen LogP contribution in [-0.2, 0) is 0 Å². The average Bonchev–Trinajstić information content (AvgIpc) is 2.45. The zero-order valence-corrected chi connectivity index (χ0v) is 12.4. The molecule has 0 amide bonds. The van der Waals surface area contributed by atoms with Crippen LogP contribution in [0.4, 0.5) is 4.39 Å². The highest BCUT2D eigenvalue weighted by Crippen LogP contribution is 2.22. The van der Waals surface area contributed by atoms with Crippen LogP contribution in [0.3, 0.4) is 0 Å². The van der Waals surface area contributed by atoms with E-state index < -0.39 is 0 Å². The van der Waals surface area contributed by atoms with E-state index in [0.717, 1.165) is 13.1 Å². The largest absolute Gasteiger partial charge is 0.508 e. The topological polar surface area (TPSA) is 35.5 Å². The molecule has 20 heavy (non-hydrogen) atoms. The molecule has 1 aromatic rings. The summed E-state index contributed by atoms with van der Waals surface area (Å²) in [5.74, 6) is 0.316. The van der Waals surface area contributed by atoms with Crippen molar-refractivity contribution < 1.29 is 9.50 Å². The maximum atomic E-state index is 13.8. The quantitative estimate of drug-likeness (QED) is 0.870. The summed E-state index contributed by atoms with van der Waals surface area (Å²) >= 11 is 0. The van der Waals surface area contributed by atoms with Crippen LogP contribution in [0.15, 0.2) is 18.2 Å². The highest BCUT2D eigenvalue weighted by molar-refractivity contribution is 5.29. The minimum absolute atomic E-state index is 0.0228. The van der Waals surface area contributed by atoms with Crippen LogP contribution >= 0.6 is 0 Å². The van der Waals surface area contributed by atoms with Gasteiger partial charge < -0.3 is 15.3 Å². The minimum atomic E-state index is -0.342. The number of phenols is 1. The molecule has 0 aromatic heterocycles. The number of hydrogen-bond donors (Lipinski definition) is 2. The lowest BCUT2D eigenvalue weighted by molar-refractivity contribution is 0.188. The lowest BCUT2D eigenvalue weighted by atomic mass is 9.96. The van der Waals surface area contributed by atoms with Gasteiger partial charge in [-0.2, -0.15) is 0 Å². The first-order valence-electron chi connectivity index (χ1n) is 7.54. The van der Waals surface area contributed by atoms with Gasteiger partial charge in [0, 0.05) is 17.7 Å². The van der Waals surface area contributed by atoms with Crippen molar-refractivity contribution in [1.82, 2.24) is 10.2 Å². The second-order valence-corrected chi connectivity index (χ2v) is 5.71. The Morgan fingerprint density at radius 1 is 1.40 bits per heavy atom. The van der Waals surface area contributed by atoms with Crippen molar-refractivity contribution in [3.05, 3.63) is 29.6 Å². The fraction of sp³-hybridized carbons (Fsp3) is 0.625. The van der Waals surface area contributed by atoms with Crippen molar-refractivity contribution in [2.75, 3.05) is 26.2 Å². The molecule has 112 valence electrons. The van der Waals surface area contributed by atoms with Gasteiger partial charge in [-0.1, -0.05) is 13.0 Å². The summed E-state index contributed by atoms with van der Waals surface area (Å²) in [7, 11) is 0. The molecule has 1 atom stereocenters. The number of hydrogen-bond acceptors (Lipinski definition) is 3. The van der Waals surface area contributed by atoms with Gasteiger partial charge in [0.15, 0.2) is 0 Å². The Hall–Kier alpha value is -1.13. The maximum absolute atomic E-state index is 13.8. The normalized spacial score (nSPS) is 19.1. The van der Waals surface area contributed by atoms with Crippen LogP contribution in [0, 0.1) is 11.7 Å². The second-order valence-electron chi connectivity index (χ2n) is 5.71. The van der Waals surface area contributed by atoms with Crippen LogP contribution < -0.4 is 5.32 Å². The molecule has 0 saturated carbocycles. The molecule has 2 N–H and O–H groups in total. The number of nitrogens with zero attached hydrogens (tertiary/aromatic N) is 1. The number of likely N-dealkylation sites (tertiary alicyclic amines) is 1. The van der Waals surface area contributed by atoms with Gasteiger partial charge in [0.05, 0.1) is 0 Å². The Labute approximate surface area is 120 Å². The van der Waals surface area contributed by atoms with Gasteiger partial charge in [-0.15, -0.1) is 0 Å². The number of rotatable bonds is 5. The molecule has 1 aliphatic rings. The molecule has 2 rings (SSSR count). The Balaban J connectivity index is 1.82. The molecular weight excluding hydrogens is 255 g/mol. The smallest absolute Gasteiger partial charge is 0.131 e. The van der Waals surface area contributed by atoms with Gasteiger partial charge in [-0.3, -0.25) is 0 Å². The zero-order valence-electron chi connectivity index (χ0n) is 12.4. The molecule has 1 unspecified atom stereocenters. The number of piperidine rings is 1. The Kier molecular flexibility index (Phi) is 5.38. The zero-order chi connectivity index (χ0) is 14.5. The fourth-order valence-electron chi connectivity index (χ4n) is 2.83. The van der Waals surface area contributed by atoms with Gasteiger partial charge >= 0.3 is 0 Å². The van der Waals surface area contributed by atoms with Crippen LogP contribution in [0.25, 0.3) is 0 Å². The molecule has 1 aromatic carbocycles. The summed E-state index contributed by atoms with van der Waals surface area (Å²) in [4.78, 5) is 2.47. The molecule has 1 fully saturated rings. The molecule has 0 radical (unpaired) electrons. The van der Waals surface area contributed by atoms with E-state index in [2.05, 4.69) is 17.1 Å². The Morgan fingerprint density at radius 2 is 2.10 bits per heavy atom. The molecule has 1 aliphatic heterocycles. The number of benzene rings is 1. The van der Waals surface area contributed by atoms with Gasteiger partial charge in [0.2, 0.25) is 0 Å². The monoisotopic (exact) mass is 280 g/mol. The van der Waals surface area contributed by atoms with Crippen LogP contribution in [0.2, 0.25) is 0 Å². The predicted molar refractivity (Wildman–Crippen MR) is 79.3 cm³/mol. The molecule has 3 nitrogen and oxygen atoms in total. The number of halogens is 1. The average molecular weight is 280 g/mol. The van der Waals surface area contributed by atoms with E-state index in [4.69, 9.17) is 0 Å². The molecule has 1 heterocycles. The van der Waals surface area contributed by atoms with Crippen molar-refractivity contribution in [3.63, 3.8) is 0 Å². The molecule has 0 aliphatic carbocycles. The van der Waals surface area contributed by atoms with E-state index in [1.54, 1.807) is 6.07 Å². The van der Waals surface area contributed by atoms with Gasteiger partial charge in [-0.05, 0) is 57.9 Å². The third-order valence-electron chi connectivity index (χ3n) is 4.32. The molecule has 4 heteroatoms. The molecule has 1 saturated heterocycles. The van der Waals surface area contributed by atoms with Gasteiger partial charge in [0.25, 0.3) is 0 Å². The highest BCUT2D eigenvalue weighted by Gasteiger charge is 2.19. The fourth-order valence-corrected chi connectivity index (χ4v) is 2.83. The first-order chi connectivity index (χ1) is 9.60. The summed E-state index contributed by atoms with van der Waals surface area (Å²) < 4.78 is 13.8. The summed E-state index contributed by atoms with van der Waals surface area (Å²) in [6.45, 7) is 8.58. The number of nitrogens with one attached hydrogen (secondary N) is 1. The SMILES string of the molecule is CCN1CCC(CNC(C)c2ccc(O)cc2F)CC1. The second kappa shape index (κ2) is 7.04. The third-order valence-corrected chi connectivity index (χ3v) is 4.32. The Bertz CT molecular complexity index is 430. The lowest BCUT2D eigenvalue weighted by Crippen LogP contribution is -2.37. The summed E-state index contributed by atoms with van der Waals surface area (Å²) in [5.41, 5.74) is 0.619. The van der Waals surface area contributed by atoms with E-state index >= 15 is 0 Å². The van der Waals surface area contributed by atoms with Gasteiger partial charge in [0.1, 0.15) is 11.6 Å². The Morgan fingerprint density at radius 3 is 2.70 bits per heavy atom.